The minimum absolute atomic E-state index is 0.0286. The number of allylic oxidation sites excluding steroid dienone is 4. The van der Waals surface area contributed by atoms with Crippen LogP contribution in [0.2, 0.25) is 0 Å². The third-order valence-electron chi connectivity index (χ3n) is 6.11. The lowest BCUT2D eigenvalue weighted by molar-refractivity contribution is 0.240. The molecule has 9 heteroatoms. The van der Waals surface area contributed by atoms with Crippen LogP contribution in [-0.4, -0.2) is 41.5 Å². The summed E-state index contributed by atoms with van der Waals surface area (Å²) in [5.74, 6) is 1.67. The first-order chi connectivity index (χ1) is 16.9. The molecular formula is C26H29N5O3S. The molecule has 1 aromatic heterocycles. The molecule has 1 fully saturated rings. The van der Waals surface area contributed by atoms with Crippen molar-refractivity contribution in [3.05, 3.63) is 96.0 Å². The number of sulfonamides is 1. The molecule has 1 aromatic carbocycles. The van der Waals surface area contributed by atoms with Gasteiger partial charge in [-0.3, -0.25) is 4.99 Å². The number of hydrogen-bond donors (Lipinski definition) is 1. The molecule has 35 heavy (non-hydrogen) atoms. The van der Waals surface area contributed by atoms with E-state index in [1.165, 1.54) is 10.6 Å². The Labute approximate surface area is 206 Å². The Kier molecular flexibility index (Phi) is 7.28. The minimum atomic E-state index is -3.50. The highest BCUT2D eigenvalue weighted by molar-refractivity contribution is 7.92. The highest BCUT2D eigenvalue weighted by atomic mass is 32.2. The normalized spacial score (nSPS) is 20.9. The quantitative estimate of drug-likeness (QED) is 0.438. The average Bonchev–Trinajstić information content (AvgIpc) is 3.26. The van der Waals surface area contributed by atoms with Crippen LogP contribution in [0, 0.1) is 5.92 Å². The number of ether oxygens (including phenoxy) is 1. The number of rotatable bonds is 8. The van der Waals surface area contributed by atoms with Gasteiger partial charge in [0, 0.05) is 30.0 Å². The van der Waals surface area contributed by atoms with Gasteiger partial charge in [-0.1, -0.05) is 25.3 Å². The topological polar surface area (TPSA) is 111 Å². The van der Waals surface area contributed by atoms with Gasteiger partial charge in [0.1, 0.15) is 23.7 Å². The SMILES string of the molecule is C=C/C=C(\C=C/C)Oc1ccc(C2=NC(C3CCCN(S(=O)(=O)C=C)C3)c3ncnc(N)c32)cc1. The van der Waals surface area contributed by atoms with E-state index in [1.54, 1.807) is 12.2 Å². The molecule has 2 aliphatic rings. The first-order valence-electron chi connectivity index (χ1n) is 11.4. The maximum absolute atomic E-state index is 12.4. The van der Waals surface area contributed by atoms with Gasteiger partial charge in [0.05, 0.1) is 23.0 Å². The van der Waals surface area contributed by atoms with Gasteiger partial charge in [-0.15, -0.1) is 0 Å². The summed E-state index contributed by atoms with van der Waals surface area (Å²) in [5.41, 5.74) is 9.27. The fourth-order valence-electron chi connectivity index (χ4n) is 4.48. The molecule has 2 unspecified atom stereocenters. The van der Waals surface area contributed by atoms with Crippen LogP contribution in [0.25, 0.3) is 0 Å². The van der Waals surface area contributed by atoms with Gasteiger partial charge in [0.25, 0.3) is 0 Å². The molecule has 0 radical (unpaired) electrons. The van der Waals surface area contributed by atoms with Crippen molar-refractivity contribution in [3.8, 4) is 5.75 Å². The van der Waals surface area contributed by atoms with Crippen molar-refractivity contribution in [2.24, 2.45) is 10.9 Å². The fourth-order valence-corrected chi connectivity index (χ4v) is 5.48. The van der Waals surface area contributed by atoms with E-state index in [9.17, 15) is 8.42 Å². The zero-order chi connectivity index (χ0) is 25.0. The first-order valence-corrected chi connectivity index (χ1v) is 12.9. The summed E-state index contributed by atoms with van der Waals surface area (Å²) in [6.45, 7) is 9.93. The summed E-state index contributed by atoms with van der Waals surface area (Å²) in [4.78, 5) is 13.7. The number of hydrogen-bond acceptors (Lipinski definition) is 7. The van der Waals surface area contributed by atoms with Crippen molar-refractivity contribution in [2.45, 2.75) is 25.8 Å². The van der Waals surface area contributed by atoms with Gasteiger partial charge in [0.15, 0.2) is 0 Å². The zero-order valence-corrected chi connectivity index (χ0v) is 20.5. The number of nitrogens with two attached hydrogens (primary N) is 1. The molecule has 2 aliphatic heterocycles. The summed E-state index contributed by atoms with van der Waals surface area (Å²) >= 11 is 0. The molecule has 0 saturated carbocycles. The molecule has 0 spiro atoms. The van der Waals surface area contributed by atoms with Crippen molar-refractivity contribution in [1.82, 2.24) is 14.3 Å². The van der Waals surface area contributed by atoms with Crippen LogP contribution < -0.4 is 10.5 Å². The highest BCUT2D eigenvalue weighted by Crippen LogP contribution is 2.41. The van der Waals surface area contributed by atoms with Gasteiger partial charge in [-0.05, 0) is 56.2 Å². The van der Waals surface area contributed by atoms with E-state index in [4.69, 9.17) is 15.5 Å². The molecule has 0 bridgehead atoms. The van der Waals surface area contributed by atoms with E-state index in [2.05, 4.69) is 23.1 Å². The van der Waals surface area contributed by atoms with Crippen LogP contribution in [0.3, 0.4) is 0 Å². The molecule has 3 heterocycles. The van der Waals surface area contributed by atoms with Crippen LogP contribution in [0.5, 0.6) is 5.75 Å². The molecule has 0 amide bonds. The zero-order valence-electron chi connectivity index (χ0n) is 19.7. The molecule has 8 nitrogen and oxygen atoms in total. The van der Waals surface area contributed by atoms with E-state index in [-0.39, 0.29) is 12.0 Å². The summed E-state index contributed by atoms with van der Waals surface area (Å²) in [6.07, 6.45) is 10.2. The third kappa shape index (κ3) is 5.11. The Morgan fingerprint density at radius 3 is 2.69 bits per heavy atom. The second kappa shape index (κ2) is 10.4. The number of benzene rings is 1. The maximum Gasteiger partial charge on any atom is 0.235 e. The molecule has 2 atom stereocenters. The molecule has 4 rings (SSSR count). The summed E-state index contributed by atoms with van der Waals surface area (Å²) in [5, 5.41) is 1.00. The number of nitrogen functional groups attached to an aromatic ring is 1. The van der Waals surface area contributed by atoms with Crippen LogP contribution in [0.15, 0.2) is 84.2 Å². The molecule has 2 aromatic rings. The van der Waals surface area contributed by atoms with Crippen molar-refractivity contribution in [3.63, 3.8) is 0 Å². The second-order valence-corrected chi connectivity index (χ2v) is 10.2. The summed E-state index contributed by atoms with van der Waals surface area (Å²) in [6, 6.07) is 7.27. The van der Waals surface area contributed by atoms with Crippen molar-refractivity contribution in [2.75, 3.05) is 18.8 Å². The Morgan fingerprint density at radius 1 is 1.23 bits per heavy atom. The maximum atomic E-state index is 12.4. The Bertz CT molecular complexity index is 1310. The van der Waals surface area contributed by atoms with Gasteiger partial charge >= 0.3 is 0 Å². The number of anilines is 1. The van der Waals surface area contributed by atoms with Crippen LogP contribution in [0.1, 0.15) is 42.6 Å². The summed E-state index contributed by atoms with van der Waals surface area (Å²) < 4.78 is 32.2. The monoisotopic (exact) mass is 491 g/mol. The standard InChI is InChI=1S/C26H29N5O3S/c1-4-8-20(9-5-2)34-21-13-11-18(12-14-21)23-22-25(28-17-29-26(22)27)24(30-23)19-10-7-15-31(16-19)35(32,33)6-3/h4-6,8-9,11-14,17,19,24H,1,3,7,10,15-16H2,2H3,(H2,27,28,29)/b9-5-,20-8+. The third-order valence-corrected chi connectivity index (χ3v) is 7.58. The molecule has 2 N–H and O–H groups in total. The number of piperidine rings is 1. The Hall–Kier alpha value is -3.56. The fraction of sp³-hybridized carbons (Fsp3) is 0.269. The predicted octanol–water partition coefficient (Wildman–Crippen LogP) is 4.16. The Morgan fingerprint density at radius 2 is 2.00 bits per heavy atom. The van der Waals surface area contributed by atoms with Gasteiger partial charge in [0.2, 0.25) is 10.0 Å². The summed E-state index contributed by atoms with van der Waals surface area (Å²) in [7, 11) is -3.50. The van der Waals surface area contributed by atoms with Crippen molar-refractivity contribution in [1.29, 1.82) is 0 Å². The molecular weight excluding hydrogens is 462 g/mol. The van der Waals surface area contributed by atoms with E-state index >= 15 is 0 Å². The van der Waals surface area contributed by atoms with Crippen LogP contribution in [-0.2, 0) is 10.0 Å². The number of fused-ring (bicyclic) bond motifs is 1. The van der Waals surface area contributed by atoms with Gasteiger partial charge < -0.3 is 10.5 Å². The first kappa shape index (κ1) is 24.6. The lowest BCUT2D eigenvalue weighted by Crippen LogP contribution is -2.40. The predicted molar refractivity (Wildman–Crippen MR) is 138 cm³/mol. The smallest absolute Gasteiger partial charge is 0.235 e. The lowest BCUT2D eigenvalue weighted by atomic mass is 9.89. The van der Waals surface area contributed by atoms with Gasteiger partial charge in [-0.2, -0.15) is 4.31 Å². The van der Waals surface area contributed by atoms with E-state index < -0.39 is 10.0 Å². The number of nitrogens with zero attached hydrogens (tertiary/aromatic N) is 4. The van der Waals surface area contributed by atoms with Crippen molar-refractivity contribution < 1.29 is 13.2 Å². The van der Waals surface area contributed by atoms with E-state index in [1.807, 2.05) is 43.3 Å². The van der Waals surface area contributed by atoms with E-state index in [0.717, 1.165) is 29.5 Å². The van der Waals surface area contributed by atoms with Crippen LogP contribution >= 0.6 is 0 Å². The minimum Gasteiger partial charge on any atom is -0.457 e. The lowest BCUT2D eigenvalue weighted by Gasteiger charge is -2.33. The van der Waals surface area contributed by atoms with Crippen molar-refractivity contribution >= 4 is 21.6 Å². The Balaban J connectivity index is 1.65. The number of aromatic nitrogens is 2. The molecule has 1 saturated heterocycles. The number of aliphatic imine (C=N–C) groups is 1. The largest absolute Gasteiger partial charge is 0.457 e. The average molecular weight is 492 g/mol. The van der Waals surface area contributed by atoms with Crippen LogP contribution in [0.4, 0.5) is 5.82 Å². The second-order valence-electron chi connectivity index (χ2n) is 8.34. The molecule has 182 valence electrons. The molecule has 0 aliphatic carbocycles. The van der Waals surface area contributed by atoms with E-state index in [0.29, 0.717) is 41.7 Å². The highest BCUT2D eigenvalue weighted by Gasteiger charge is 2.38. The van der Waals surface area contributed by atoms with Gasteiger partial charge in [-0.25, -0.2) is 18.4 Å².